The molecule has 1 saturated heterocycles. The monoisotopic (exact) mass is 319 g/mol. The standard InChI is InChI=1S/C18H26FN3O/c1-14(18(23)20-16-4-2-3-5-16)21-10-12-22(13-11-21)17-8-6-15(19)7-9-17/h6-9,14,16H,2-5,10-13H2,1H3,(H,20,23)/t14-/m0/s1. The van der Waals surface area contributed by atoms with Gasteiger partial charge in [0.25, 0.3) is 0 Å². The van der Waals surface area contributed by atoms with Crippen molar-refractivity contribution >= 4 is 11.6 Å². The number of rotatable bonds is 4. The molecule has 2 aliphatic rings. The molecule has 1 heterocycles. The Bertz CT molecular complexity index is 520. The molecule has 5 heteroatoms. The first-order valence-electron chi connectivity index (χ1n) is 8.68. The molecule has 1 aliphatic carbocycles. The molecule has 1 aliphatic heterocycles. The molecule has 1 aromatic rings. The molecule has 1 saturated carbocycles. The number of nitrogens with one attached hydrogen (secondary N) is 1. The number of carbonyl (C=O) groups excluding carboxylic acids is 1. The van der Waals surface area contributed by atoms with Gasteiger partial charge in [0.1, 0.15) is 5.82 Å². The third-order valence-corrected chi connectivity index (χ3v) is 5.13. The fourth-order valence-electron chi connectivity index (χ4n) is 3.58. The molecule has 0 bridgehead atoms. The largest absolute Gasteiger partial charge is 0.369 e. The Morgan fingerprint density at radius 1 is 1.13 bits per heavy atom. The highest BCUT2D eigenvalue weighted by Gasteiger charge is 2.27. The minimum Gasteiger partial charge on any atom is -0.369 e. The number of hydrogen-bond acceptors (Lipinski definition) is 3. The molecular formula is C18H26FN3O. The van der Waals surface area contributed by atoms with Crippen molar-refractivity contribution in [1.29, 1.82) is 0 Å². The minimum absolute atomic E-state index is 0.0778. The lowest BCUT2D eigenvalue weighted by Gasteiger charge is -2.38. The molecule has 1 amide bonds. The van der Waals surface area contributed by atoms with Crippen LogP contribution in [0.2, 0.25) is 0 Å². The molecule has 126 valence electrons. The Hall–Kier alpha value is -1.62. The number of piperazine rings is 1. The van der Waals surface area contributed by atoms with Crippen LogP contribution < -0.4 is 10.2 Å². The summed E-state index contributed by atoms with van der Waals surface area (Å²) in [5.41, 5.74) is 1.05. The predicted molar refractivity (Wildman–Crippen MR) is 90.0 cm³/mol. The van der Waals surface area contributed by atoms with E-state index in [1.807, 2.05) is 19.1 Å². The van der Waals surface area contributed by atoms with Crippen molar-refractivity contribution in [3.8, 4) is 0 Å². The maximum Gasteiger partial charge on any atom is 0.237 e. The second-order valence-electron chi connectivity index (χ2n) is 6.67. The molecular weight excluding hydrogens is 293 g/mol. The Morgan fingerprint density at radius 2 is 1.74 bits per heavy atom. The first kappa shape index (κ1) is 16.2. The van der Waals surface area contributed by atoms with E-state index in [1.54, 1.807) is 0 Å². The van der Waals surface area contributed by atoms with E-state index >= 15 is 0 Å². The second-order valence-corrected chi connectivity index (χ2v) is 6.67. The number of amides is 1. The third-order valence-electron chi connectivity index (χ3n) is 5.13. The van der Waals surface area contributed by atoms with Crippen LogP contribution in [0.5, 0.6) is 0 Å². The highest BCUT2D eigenvalue weighted by molar-refractivity contribution is 5.81. The molecule has 2 fully saturated rings. The zero-order valence-electron chi connectivity index (χ0n) is 13.8. The Morgan fingerprint density at radius 3 is 2.35 bits per heavy atom. The van der Waals surface area contributed by atoms with E-state index in [2.05, 4.69) is 15.1 Å². The second kappa shape index (κ2) is 7.30. The smallest absolute Gasteiger partial charge is 0.237 e. The van der Waals surface area contributed by atoms with Crippen LogP contribution >= 0.6 is 0 Å². The lowest BCUT2D eigenvalue weighted by Crippen LogP contribution is -2.54. The zero-order valence-corrected chi connectivity index (χ0v) is 13.8. The number of carbonyl (C=O) groups is 1. The average Bonchev–Trinajstić information content (AvgIpc) is 3.08. The lowest BCUT2D eigenvalue weighted by molar-refractivity contribution is -0.126. The highest BCUT2D eigenvalue weighted by atomic mass is 19.1. The van der Waals surface area contributed by atoms with Crippen LogP contribution in [0.4, 0.5) is 10.1 Å². The van der Waals surface area contributed by atoms with Crippen LogP contribution in [-0.4, -0.2) is 49.1 Å². The summed E-state index contributed by atoms with van der Waals surface area (Å²) in [5.74, 6) is -0.0447. The van der Waals surface area contributed by atoms with Crippen molar-refractivity contribution in [2.45, 2.75) is 44.7 Å². The number of anilines is 1. The lowest BCUT2D eigenvalue weighted by atomic mass is 10.1. The molecule has 0 aromatic heterocycles. The summed E-state index contributed by atoms with van der Waals surface area (Å²) in [5, 5.41) is 3.19. The van der Waals surface area contributed by atoms with Gasteiger partial charge in [-0.05, 0) is 44.0 Å². The van der Waals surface area contributed by atoms with Crippen molar-refractivity contribution in [3.05, 3.63) is 30.1 Å². The van der Waals surface area contributed by atoms with Crippen molar-refractivity contribution in [2.75, 3.05) is 31.1 Å². The van der Waals surface area contributed by atoms with Crippen molar-refractivity contribution < 1.29 is 9.18 Å². The van der Waals surface area contributed by atoms with Crippen LogP contribution in [-0.2, 0) is 4.79 Å². The SMILES string of the molecule is C[C@@H](C(=O)NC1CCCC1)N1CCN(c2ccc(F)cc2)CC1. The van der Waals surface area contributed by atoms with Gasteiger partial charge in [-0.1, -0.05) is 12.8 Å². The fraction of sp³-hybridized carbons (Fsp3) is 0.611. The molecule has 4 nitrogen and oxygen atoms in total. The normalized spacial score (nSPS) is 21.4. The van der Waals surface area contributed by atoms with Gasteiger partial charge in [0.2, 0.25) is 5.91 Å². The number of nitrogens with zero attached hydrogens (tertiary/aromatic N) is 2. The topological polar surface area (TPSA) is 35.6 Å². The summed E-state index contributed by atoms with van der Waals surface area (Å²) in [6.07, 6.45) is 4.71. The van der Waals surface area contributed by atoms with Gasteiger partial charge in [-0.25, -0.2) is 4.39 Å². The average molecular weight is 319 g/mol. The van der Waals surface area contributed by atoms with Crippen LogP contribution in [0.15, 0.2) is 24.3 Å². The molecule has 1 aromatic carbocycles. The first-order valence-corrected chi connectivity index (χ1v) is 8.68. The van der Waals surface area contributed by atoms with Crippen molar-refractivity contribution in [3.63, 3.8) is 0 Å². The predicted octanol–water partition coefficient (Wildman–Crippen LogP) is 2.39. The van der Waals surface area contributed by atoms with Gasteiger partial charge >= 0.3 is 0 Å². The zero-order chi connectivity index (χ0) is 16.2. The van der Waals surface area contributed by atoms with Gasteiger partial charge in [0, 0.05) is 37.9 Å². The van der Waals surface area contributed by atoms with Crippen LogP contribution in [0.25, 0.3) is 0 Å². The molecule has 3 rings (SSSR count). The van der Waals surface area contributed by atoms with E-state index in [9.17, 15) is 9.18 Å². The van der Waals surface area contributed by atoms with E-state index < -0.39 is 0 Å². The van der Waals surface area contributed by atoms with E-state index in [4.69, 9.17) is 0 Å². The fourth-order valence-corrected chi connectivity index (χ4v) is 3.58. The van der Waals surface area contributed by atoms with Crippen molar-refractivity contribution in [1.82, 2.24) is 10.2 Å². The van der Waals surface area contributed by atoms with E-state index in [0.717, 1.165) is 44.7 Å². The van der Waals surface area contributed by atoms with Gasteiger partial charge in [0.15, 0.2) is 0 Å². The number of benzene rings is 1. The number of hydrogen-bond donors (Lipinski definition) is 1. The van der Waals surface area contributed by atoms with Gasteiger partial charge < -0.3 is 10.2 Å². The molecule has 0 radical (unpaired) electrons. The summed E-state index contributed by atoms with van der Waals surface area (Å²) in [6, 6.07) is 6.94. The molecule has 23 heavy (non-hydrogen) atoms. The van der Waals surface area contributed by atoms with Crippen LogP contribution in [0, 0.1) is 5.82 Å². The van der Waals surface area contributed by atoms with Crippen LogP contribution in [0.1, 0.15) is 32.6 Å². The quantitative estimate of drug-likeness (QED) is 0.926. The Kier molecular flexibility index (Phi) is 5.16. The Balaban J connectivity index is 1.49. The van der Waals surface area contributed by atoms with E-state index in [0.29, 0.717) is 6.04 Å². The van der Waals surface area contributed by atoms with Gasteiger partial charge in [-0.15, -0.1) is 0 Å². The maximum atomic E-state index is 13.0. The molecule has 1 atom stereocenters. The summed E-state index contributed by atoms with van der Waals surface area (Å²) in [4.78, 5) is 16.9. The summed E-state index contributed by atoms with van der Waals surface area (Å²) in [6.45, 7) is 5.45. The van der Waals surface area contributed by atoms with Crippen LogP contribution in [0.3, 0.4) is 0 Å². The minimum atomic E-state index is -0.204. The molecule has 0 unspecified atom stereocenters. The van der Waals surface area contributed by atoms with E-state index in [1.165, 1.54) is 25.0 Å². The maximum absolute atomic E-state index is 13.0. The summed E-state index contributed by atoms with van der Waals surface area (Å²) >= 11 is 0. The van der Waals surface area contributed by atoms with Gasteiger partial charge in [0.05, 0.1) is 6.04 Å². The molecule has 0 spiro atoms. The number of halogens is 1. The summed E-state index contributed by atoms with van der Waals surface area (Å²) < 4.78 is 13.0. The summed E-state index contributed by atoms with van der Waals surface area (Å²) in [7, 11) is 0. The van der Waals surface area contributed by atoms with E-state index in [-0.39, 0.29) is 17.8 Å². The van der Waals surface area contributed by atoms with Gasteiger partial charge in [-0.2, -0.15) is 0 Å². The Labute approximate surface area is 137 Å². The third kappa shape index (κ3) is 4.02. The van der Waals surface area contributed by atoms with Crippen molar-refractivity contribution in [2.24, 2.45) is 0 Å². The first-order chi connectivity index (χ1) is 11.1. The van der Waals surface area contributed by atoms with Gasteiger partial charge in [-0.3, -0.25) is 9.69 Å². The molecule has 1 N–H and O–H groups in total. The highest BCUT2D eigenvalue weighted by Crippen LogP contribution is 2.19.